The van der Waals surface area contributed by atoms with Gasteiger partial charge in [-0.15, -0.1) is 0 Å². The van der Waals surface area contributed by atoms with Crippen LogP contribution >= 0.6 is 0 Å². The maximum atomic E-state index is 11.9. The van der Waals surface area contributed by atoms with E-state index in [0.29, 0.717) is 19.6 Å². The Labute approximate surface area is 107 Å². The van der Waals surface area contributed by atoms with Gasteiger partial charge in [0.1, 0.15) is 5.54 Å². The Kier molecular flexibility index (Phi) is 4.56. The number of carbonyl (C=O) groups excluding carboxylic acids is 1. The van der Waals surface area contributed by atoms with Gasteiger partial charge in [-0.1, -0.05) is 6.92 Å². The summed E-state index contributed by atoms with van der Waals surface area (Å²) >= 11 is 0. The molecule has 0 aliphatic carbocycles. The maximum absolute atomic E-state index is 11.9. The molecule has 0 saturated carbocycles. The maximum Gasteiger partial charge on any atom is 0.329 e. The molecule has 18 heavy (non-hydrogen) atoms. The molecule has 1 aliphatic heterocycles. The zero-order valence-electron chi connectivity index (χ0n) is 11.2. The van der Waals surface area contributed by atoms with Crippen molar-refractivity contribution in [1.82, 2.24) is 10.6 Å². The summed E-state index contributed by atoms with van der Waals surface area (Å²) in [4.78, 5) is 22.9. The lowest BCUT2D eigenvalue weighted by Crippen LogP contribution is -2.60. The van der Waals surface area contributed by atoms with Crippen LogP contribution < -0.4 is 10.6 Å². The molecular formula is C12H22N2O4. The summed E-state index contributed by atoms with van der Waals surface area (Å²) in [5.41, 5.74) is -1.66. The lowest BCUT2D eigenvalue weighted by atomic mass is 9.95. The molecule has 0 aromatic rings. The smallest absolute Gasteiger partial charge is 0.329 e. The van der Waals surface area contributed by atoms with Gasteiger partial charge >= 0.3 is 12.0 Å². The van der Waals surface area contributed by atoms with Crippen molar-refractivity contribution < 1.29 is 19.4 Å². The molecular weight excluding hydrogens is 236 g/mol. The Hall–Kier alpha value is -1.30. The van der Waals surface area contributed by atoms with Crippen LogP contribution in [0.15, 0.2) is 0 Å². The molecule has 2 atom stereocenters. The molecule has 3 N–H and O–H groups in total. The van der Waals surface area contributed by atoms with Gasteiger partial charge in [0.15, 0.2) is 0 Å². The van der Waals surface area contributed by atoms with Crippen LogP contribution in [0.1, 0.15) is 40.0 Å². The zero-order valence-corrected chi connectivity index (χ0v) is 11.2. The van der Waals surface area contributed by atoms with Crippen molar-refractivity contribution in [1.29, 1.82) is 0 Å². The minimum absolute atomic E-state index is 0.322. The Balaban J connectivity index is 2.57. The van der Waals surface area contributed by atoms with Gasteiger partial charge in [-0.2, -0.15) is 0 Å². The van der Waals surface area contributed by atoms with E-state index in [9.17, 15) is 9.59 Å². The number of amides is 2. The highest BCUT2D eigenvalue weighted by Gasteiger charge is 2.35. The molecule has 1 aliphatic rings. The van der Waals surface area contributed by atoms with Crippen LogP contribution in [0.2, 0.25) is 0 Å². The fourth-order valence-electron chi connectivity index (χ4n) is 1.88. The van der Waals surface area contributed by atoms with Gasteiger partial charge in [0.05, 0.1) is 12.1 Å². The van der Waals surface area contributed by atoms with Crippen LogP contribution in [-0.2, 0) is 9.53 Å². The van der Waals surface area contributed by atoms with Gasteiger partial charge in [0, 0.05) is 6.61 Å². The van der Waals surface area contributed by atoms with E-state index in [0.717, 1.165) is 12.8 Å². The third-order valence-electron chi connectivity index (χ3n) is 3.42. The molecule has 104 valence electrons. The largest absolute Gasteiger partial charge is 0.480 e. The van der Waals surface area contributed by atoms with Gasteiger partial charge in [0.25, 0.3) is 0 Å². The van der Waals surface area contributed by atoms with Gasteiger partial charge in [-0.3, -0.25) is 0 Å². The molecule has 0 aromatic heterocycles. The number of urea groups is 1. The standard InChI is InChI=1S/C12H22N2O4/c1-4-12(3,9(15)16)14-10(17)13-11(2)6-5-7-18-8-11/h4-8H2,1-3H3,(H,15,16)(H2,13,14,17). The van der Waals surface area contributed by atoms with E-state index in [1.165, 1.54) is 6.92 Å². The van der Waals surface area contributed by atoms with Crippen molar-refractivity contribution in [3.05, 3.63) is 0 Å². The van der Waals surface area contributed by atoms with Crippen molar-refractivity contribution in [3.63, 3.8) is 0 Å². The van der Waals surface area contributed by atoms with E-state index >= 15 is 0 Å². The van der Waals surface area contributed by atoms with E-state index in [-0.39, 0.29) is 0 Å². The van der Waals surface area contributed by atoms with E-state index in [1.54, 1.807) is 6.92 Å². The van der Waals surface area contributed by atoms with Gasteiger partial charge < -0.3 is 20.5 Å². The summed E-state index contributed by atoms with van der Waals surface area (Å²) in [5, 5.41) is 14.4. The molecule has 1 rings (SSSR count). The third-order valence-corrected chi connectivity index (χ3v) is 3.42. The first-order valence-corrected chi connectivity index (χ1v) is 6.23. The third kappa shape index (κ3) is 3.60. The van der Waals surface area contributed by atoms with Crippen LogP contribution in [0.5, 0.6) is 0 Å². The second-order valence-corrected chi connectivity index (χ2v) is 5.29. The van der Waals surface area contributed by atoms with Crippen LogP contribution in [0.4, 0.5) is 4.79 Å². The molecule has 2 unspecified atom stereocenters. The Morgan fingerprint density at radius 3 is 2.61 bits per heavy atom. The number of rotatable bonds is 4. The summed E-state index contributed by atoms with van der Waals surface area (Å²) in [7, 11) is 0. The van der Waals surface area contributed by atoms with Crippen molar-refractivity contribution >= 4 is 12.0 Å². The lowest BCUT2D eigenvalue weighted by molar-refractivity contribution is -0.143. The molecule has 0 aromatic carbocycles. The average molecular weight is 258 g/mol. The number of hydrogen-bond acceptors (Lipinski definition) is 3. The molecule has 1 heterocycles. The van der Waals surface area contributed by atoms with Crippen molar-refractivity contribution in [3.8, 4) is 0 Å². The highest BCUT2D eigenvalue weighted by atomic mass is 16.5. The number of carboxylic acids is 1. The van der Waals surface area contributed by atoms with Gasteiger partial charge in [-0.05, 0) is 33.1 Å². The number of ether oxygens (including phenoxy) is 1. The molecule has 1 saturated heterocycles. The quantitative estimate of drug-likeness (QED) is 0.705. The van der Waals surface area contributed by atoms with E-state index in [2.05, 4.69) is 10.6 Å². The second-order valence-electron chi connectivity index (χ2n) is 5.29. The molecule has 6 nitrogen and oxygen atoms in total. The van der Waals surface area contributed by atoms with Crippen molar-refractivity contribution in [2.24, 2.45) is 0 Å². The van der Waals surface area contributed by atoms with Crippen molar-refractivity contribution in [2.75, 3.05) is 13.2 Å². The number of nitrogens with one attached hydrogen (secondary N) is 2. The molecule has 0 radical (unpaired) electrons. The van der Waals surface area contributed by atoms with Gasteiger partial charge in [0.2, 0.25) is 0 Å². The van der Waals surface area contributed by atoms with E-state index in [1.807, 2.05) is 6.92 Å². The molecule has 0 bridgehead atoms. The minimum Gasteiger partial charge on any atom is -0.480 e. The van der Waals surface area contributed by atoms with E-state index in [4.69, 9.17) is 9.84 Å². The topological polar surface area (TPSA) is 87.7 Å². The Bertz CT molecular complexity index is 326. The predicted octanol–water partition coefficient (Wildman–Crippen LogP) is 1.11. The molecule has 2 amide bonds. The molecule has 1 fully saturated rings. The number of aliphatic carboxylic acids is 1. The van der Waals surface area contributed by atoms with Crippen molar-refractivity contribution in [2.45, 2.75) is 51.1 Å². The zero-order chi connectivity index (χ0) is 13.8. The van der Waals surface area contributed by atoms with Crippen LogP contribution in [0, 0.1) is 0 Å². The lowest BCUT2D eigenvalue weighted by Gasteiger charge is -2.35. The highest BCUT2D eigenvalue weighted by Crippen LogP contribution is 2.18. The first kappa shape index (κ1) is 14.8. The Morgan fingerprint density at radius 1 is 1.50 bits per heavy atom. The predicted molar refractivity (Wildman–Crippen MR) is 66.5 cm³/mol. The Morgan fingerprint density at radius 2 is 2.17 bits per heavy atom. The second kappa shape index (κ2) is 5.56. The van der Waals surface area contributed by atoms with Gasteiger partial charge in [-0.25, -0.2) is 9.59 Å². The van der Waals surface area contributed by atoms with Crippen LogP contribution in [0.25, 0.3) is 0 Å². The number of carbonyl (C=O) groups is 2. The number of hydrogen-bond donors (Lipinski definition) is 3. The minimum atomic E-state index is -1.24. The first-order chi connectivity index (χ1) is 8.31. The summed E-state index contributed by atoms with van der Waals surface area (Å²) in [5.74, 6) is -1.04. The summed E-state index contributed by atoms with van der Waals surface area (Å²) in [6, 6.07) is -0.463. The summed E-state index contributed by atoms with van der Waals surface area (Å²) in [6.07, 6.45) is 2.04. The van der Waals surface area contributed by atoms with E-state index < -0.39 is 23.1 Å². The highest BCUT2D eigenvalue weighted by molar-refractivity contribution is 5.86. The monoisotopic (exact) mass is 258 g/mol. The SMILES string of the molecule is CCC(C)(NC(=O)NC1(C)CCCOC1)C(=O)O. The summed E-state index contributed by atoms with van der Waals surface area (Å²) in [6.45, 7) is 6.28. The van der Waals surface area contributed by atoms with Crippen LogP contribution in [-0.4, -0.2) is 41.4 Å². The number of carboxylic acid groups (broad SMARTS) is 1. The normalized spacial score (nSPS) is 27.1. The summed E-state index contributed by atoms with van der Waals surface area (Å²) < 4.78 is 5.33. The fraction of sp³-hybridized carbons (Fsp3) is 0.833. The van der Waals surface area contributed by atoms with Crippen LogP contribution in [0.3, 0.4) is 0 Å². The fourth-order valence-corrected chi connectivity index (χ4v) is 1.88. The first-order valence-electron chi connectivity index (χ1n) is 6.23. The average Bonchev–Trinajstić information content (AvgIpc) is 2.28. The molecule has 6 heteroatoms. The molecule has 0 spiro atoms.